The number of nitrogens with two attached hydrogens (primary N) is 1. The van der Waals surface area contributed by atoms with Crippen molar-refractivity contribution >= 4 is 35.1 Å². The number of hydrogen-bond donors (Lipinski definition) is 3. The van der Waals surface area contributed by atoms with Gasteiger partial charge in [-0.15, -0.1) is 0 Å². The van der Waals surface area contributed by atoms with E-state index in [0.29, 0.717) is 12.1 Å². The van der Waals surface area contributed by atoms with Gasteiger partial charge < -0.3 is 26.0 Å². The van der Waals surface area contributed by atoms with Crippen LogP contribution in [-0.4, -0.2) is 56.3 Å². The van der Waals surface area contributed by atoms with Gasteiger partial charge in [0.1, 0.15) is 6.04 Å². The fourth-order valence-corrected chi connectivity index (χ4v) is 2.95. The standard InChI is InChI=1S/C16H24N4O3S/c1-24-11-6-14(19-16(17)22)15(21)18-12-2-4-13(5-3-12)20-7-9-23-10-8-20/h2-5,14H,6-11H2,1H3,(H,18,21)(H3,17,19,22)/t14-/m1/s1. The van der Waals surface area contributed by atoms with Gasteiger partial charge in [0.15, 0.2) is 0 Å². The number of nitrogens with zero attached hydrogens (tertiary/aromatic N) is 1. The van der Waals surface area contributed by atoms with Crippen LogP contribution in [0.15, 0.2) is 24.3 Å². The van der Waals surface area contributed by atoms with Crippen LogP contribution in [0.25, 0.3) is 0 Å². The Labute approximate surface area is 146 Å². The van der Waals surface area contributed by atoms with E-state index < -0.39 is 12.1 Å². The van der Waals surface area contributed by atoms with Gasteiger partial charge >= 0.3 is 6.03 Å². The number of nitrogens with one attached hydrogen (secondary N) is 2. The summed E-state index contributed by atoms with van der Waals surface area (Å²) in [7, 11) is 0. The number of ether oxygens (including phenoxy) is 1. The third kappa shape index (κ3) is 5.61. The Morgan fingerprint density at radius 2 is 1.96 bits per heavy atom. The molecule has 8 heteroatoms. The molecule has 132 valence electrons. The number of hydrogen-bond acceptors (Lipinski definition) is 5. The van der Waals surface area contributed by atoms with Gasteiger partial charge in [-0.25, -0.2) is 4.79 Å². The molecule has 3 amide bonds. The number of carbonyl (C=O) groups excluding carboxylic acids is 2. The normalized spacial score (nSPS) is 15.6. The van der Waals surface area contributed by atoms with E-state index in [4.69, 9.17) is 10.5 Å². The topological polar surface area (TPSA) is 96.7 Å². The first-order valence-electron chi connectivity index (χ1n) is 7.88. The van der Waals surface area contributed by atoms with E-state index in [1.165, 1.54) is 0 Å². The lowest BCUT2D eigenvalue weighted by Crippen LogP contribution is -2.46. The molecule has 2 rings (SSSR count). The summed E-state index contributed by atoms with van der Waals surface area (Å²) in [4.78, 5) is 25.6. The number of amides is 3. The van der Waals surface area contributed by atoms with Crippen molar-refractivity contribution < 1.29 is 14.3 Å². The van der Waals surface area contributed by atoms with Gasteiger partial charge in [0.05, 0.1) is 13.2 Å². The Kier molecular flexibility index (Phi) is 7.20. The van der Waals surface area contributed by atoms with Gasteiger partial charge in [-0.2, -0.15) is 11.8 Å². The van der Waals surface area contributed by atoms with Crippen molar-refractivity contribution in [2.24, 2.45) is 5.73 Å². The molecule has 4 N–H and O–H groups in total. The highest BCUT2D eigenvalue weighted by Crippen LogP contribution is 2.19. The first-order chi connectivity index (χ1) is 11.6. The molecule has 0 saturated carbocycles. The van der Waals surface area contributed by atoms with Crippen molar-refractivity contribution in [2.45, 2.75) is 12.5 Å². The number of primary amides is 1. The van der Waals surface area contributed by atoms with Gasteiger partial charge in [0.25, 0.3) is 0 Å². The Morgan fingerprint density at radius 1 is 1.29 bits per heavy atom. The summed E-state index contributed by atoms with van der Waals surface area (Å²) in [6.45, 7) is 3.19. The second-order valence-electron chi connectivity index (χ2n) is 5.48. The number of urea groups is 1. The summed E-state index contributed by atoms with van der Waals surface area (Å²) >= 11 is 1.61. The predicted octanol–water partition coefficient (Wildman–Crippen LogP) is 1.25. The molecule has 0 radical (unpaired) electrons. The highest BCUT2D eigenvalue weighted by molar-refractivity contribution is 7.98. The summed E-state index contributed by atoms with van der Waals surface area (Å²) in [5.41, 5.74) is 6.94. The average molecular weight is 352 g/mol. The van der Waals surface area contributed by atoms with E-state index in [1.807, 2.05) is 30.5 Å². The van der Waals surface area contributed by atoms with Crippen LogP contribution in [0, 0.1) is 0 Å². The second kappa shape index (κ2) is 9.39. The maximum Gasteiger partial charge on any atom is 0.312 e. The van der Waals surface area contributed by atoms with Gasteiger partial charge in [-0.3, -0.25) is 4.79 Å². The Hall–Kier alpha value is -1.93. The molecule has 1 saturated heterocycles. The number of benzene rings is 1. The van der Waals surface area contributed by atoms with Crippen LogP contribution in [-0.2, 0) is 9.53 Å². The van der Waals surface area contributed by atoms with Crippen LogP contribution in [0.3, 0.4) is 0 Å². The number of anilines is 2. The fraction of sp³-hybridized carbons (Fsp3) is 0.500. The van der Waals surface area contributed by atoms with Crippen molar-refractivity contribution in [2.75, 3.05) is 48.5 Å². The lowest BCUT2D eigenvalue weighted by atomic mass is 10.2. The smallest absolute Gasteiger partial charge is 0.312 e. The quantitative estimate of drug-likeness (QED) is 0.686. The maximum atomic E-state index is 12.3. The van der Waals surface area contributed by atoms with Gasteiger partial charge in [-0.1, -0.05) is 0 Å². The Morgan fingerprint density at radius 3 is 2.54 bits per heavy atom. The second-order valence-corrected chi connectivity index (χ2v) is 6.46. The van der Waals surface area contributed by atoms with E-state index in [1.54, 1.807) is 11.8 Å². The van der Waals surface area contributed by atoms with Crippen LogP contribution >= 0.6 is 11.8 Å². The van der Waals surface area contributed by atoms with Crippen LogP contribution in [0.4, 0.5) is 16.2 Å². The van der Waals surface area contributed by atoms with Crippen LogP contribution in [0.5, 0.6) is 0 Å². The highest BCUT2D eigenvalue weighted by atomic mass is 32.2. The number of thioether (sulfide) groups is 1. The van der Waals surface area contributed by atoms with Gasteiger partial charge in [0, 0.05) is 24.5 Å². The number of morpholine rings is 1. The zero-order valence-electron chi connectivity index (χ0n) is 13.8. The summed E-state index contributed by atoms with van der Waals surface area (Å²) in [6, 6.07) is 6.34. The molecule has 0 spiro atoms. The van der Waals surface area contributed by atoms with E-state index in [0.717, 1.165) is 37.7 Å². The zero-order chi connectivity index (χ0) is 17.4. The van der Waals surface area contributed by atoms with E-state index in [-0.39, 0.29) is 5.91 Å². The largest absolute Gasteiger partial charge is 0.378 e. The zero-order valence-corrected chi connectivity index (χ0v) is 14.6. The minimum Gasteiger partial charge on any atom is -0.378 e. The molecule has 1 atom stereocenters. The van der Waals surface area contributed by atoms with E-state index in [2.05, 4.69) is 15.5 Å². The molecule has 0 aliphatic carbocycles. The maximum absolute atomic E-state index is 12.3. The first-order valence-corrected chi connectivity index (χ1v) is 9.28. The molecule has 1 aromatic carbocycles. The van der Waals surface area contributed by atoms with Crippen molar-refractivity contribution in [1.29, 1.82) is 0 Å². The molecule has 7 nitrogen and oxygen atoms in total. The summed E-state index contributed by atoms with van der Waals surface area (Å²) in [5, 5.41) is 5.31. The highest BCUT2D eigenvalue weighted by Gasteiger charge is 2.19. The molecule has 1 aromatic rings. The van der Waals surface area contributed by atoms with Crippen molar-refractivity contribution in [3.63, 3.8) is 0 Å². The van der Waals surface area contributed by atoms with Crippen LogP contribution in [0.2, 0.25) is 0 Å². The molecule has 1 heterocycles. The monoisotopic (exact) mass is 352 g/mol. The molecule has 0 bridgehead atoms. The van der Waals surface area contributed by atoms with Crippen molar-refractivity contribution in [3.05, 3.63) is 24.3 Å². The lowest BCUT2D eigenvalue weighted by molar-refractivity contribution is -0.117. The molecular formula is C16H24N4O3S. The minimum atomic E-state index is -0.695. The third-order valence-corrected chi connectivity index (χ3v) is 4.40. The Bertz CT molecular complexity index is 547. The molecule has 1 fully saturated rings. The van der Waals surface area contributed by atoms with Crippen molar-refractivity contribution in [1.82, 2.24) is 5.32 Å². The summed E-state index contributed by atoms with van der Waals surface area (Å²) < 4.78 is 5.34. The van der Waals surface area contributed by atoms with Gasteiger partial charge in [0.2, 0.25) is 5.91 Å². The van der Waals surface area contributed by atoms with Crippen LogP contribution < -0.4 is 21.3 Å². The summed E-state index contributed by atoms with van der Waals surface area (Å²) in [6.07, 6.45) is 2.48. The number of rotatable bonds is 7. The predicted molar refractivity (Wildman–Crippen MR) is 97.6 cm³/mol. The Balaban J connectivity index is 1.95. The molecule has 1 aliphatic heterocycles. The van der Waals surface area contributed by atoms with Gasteiger partial charge in [-0.05, 0) is 42.7 Å². The lowest BCUT2D eigenvalue weighted by Gasteiger charge is -2.29. The van der Waals surface area contributed by atoms with Crippen LogP contribution in [0.1, 0.15) is 6.42 Å². The SMILES string of the molecule is CSCC[C@@H](NC(N)=O)C(=O)Nc1ccc(N2CCOCC2)cc1. The van der Waals surface area contributed by atoms with E-state index >= 15 is 0 Å². The molecule has 0 aromatic heterocycles. The third-order valence-electron chi connectivity index (χ3n) is 3.75. The van der Waals surface area contributed by atoms with E-state index in [9.17, 15) is 9.59 Å². The molecular weight excluding hydrogens is 328 g/mol. The fourth-order valence-electron chi connectivity index (χ4n) is 2.48. The van der Waals surface area contributed by atoms with Crippen molar-refractivity contribution in [3.8, 4) is 0 Å². The minimum absolute atomic E-state index is 0.262. The first kappa shape index (κ1) is 18.4. The molecule has 0 unspecified atom stereocenters. The average Bonchev–Trinajstić information content (AvgIpc) is 2.59. The molecule has 1 aliphatic rings. The molecule has 24 heavy (non-hydrogen) atoms. The summed E-state index contributed by atoms with van der Waals surface area (Å²) in [5.74, 6) is 0.496. The number of carbonyl (C=O) groups is 2.